The van der Waals surface area contributed by atoms with Crippen LogP contribution in [0.3, 0.4) is 0 Å². The maximum atomic E-state index is 11.2. The SMILES string of the molecule is CON[S@](=O)c1ccc(Cl)cc1. The van der Waals surface area contributed by atoms with Gasteiger partial charge in [0.1, 0.15) is 11.0 Å². The zero-order chi connectivity index (χ0) is 8.97. The van der Waals surface area contributed by atoms with Gasteiger partial charge in [-0.05, 0) is 24.3 Å². The topological polar surface area (TPSA) is 38.3 Å². The van der Waals surface area contributed by atoms with Gasteiger partial charge >= 0.3 is 0 Å². The molecule has 0 aromatic heterocycles. The smallest absolute Gasteiger partial charge is 0.148 e. The molecule has 0 aliphatic heterocycles. The highest BCUT2D eigenvalue weighted by Gasteiger charge is 2.00. The number of nitrogens with one attached hydrogen (secondary N) is 1. The van der Waals surface area contributed by atoms with Crippen molar-refractivity contribution >= 4 is 22.6 Å². The van der Waals surface area contributed by atoms with Crippen molar-refractivity contribution in [1.29, 1.82) is 0 Å². The summed E-state index contributed by atoms with van der Waals surface area (Å²) in [6.45, 7) is 0. The normalized spacial score (nSPS) is 12.8. The minimum atomic E-state index is -1.32. The van der Waals surface area contributed by atoms with Gasteiger partial charge in [-0.3, -0.25) is 4.84 Å². The molecule has 3 nitrogen and oxygen atoms in total. The fourth-order valence-corrected chi connectivity index (χ4v) is 1.44. The average Bonchev–Trinajstić information content (AvgIpc) is 2.06. The van der Waals surface area contributed by atoms with Crippen LogP contribution in [0, 0.1) is 0 Å². The summed E-state index contributed by atoms with van der Waals surface area (Å²) in [4.78, 5) is 7.44. The maximum Gasteiger partial charge on any atom is 0.148 e. The van der Waals surface area contributed by atoms with Gasteiger partial charge in [0.15, 0.2) is 0 Å². The van der Waals surface area contributed by atoms with Crippen LogP contribution in [0.5, 0.6) is 0 Å². The van der Waals surface area contributed by atoms with Crippen molar-refractivity contribution < 1.29 is 9.05 Å². The Bertz CT molecular complexity index is 275. The van der Waals surface area contributed by atoms with E-state index < -0.39 is 11.0 Å². The van der Waals surface area contributed by atoms with Crippen molar-refractivity contribution in [3.05, 3.63) is 29.3 Å². The molecule has 0 aliphatic rings. The maximum absolute atomic E-state index is 11.2. The summed E-state index contributed by atoms with van der Waals surface area (Å²) in [5.74, 6) is 0. The van der Waals surface area contributed by atoms with Crippen molar-refractivity contribution in [3.63, 3.8) is 0 Å². The van der Waals surface area contributed by atoms with E-state index in [2.05, 4.69) is 9.72 Å². The summed E-state index contributed by atoms with van der Waals surface area (Å²) in [6.07, 6.45) is 0. The van der Waals surface area contributed by atoms with E-state index in [9.17, 15) is 4.21 Å². The van der Waals surface area contributed by atoms with Crippen LogP contribution in [0.15, 0.2) is 29.2 Å². The molecule has 1 atom stereocenters. The number of hydrogen-bond donors (Lipinski definition) is 1. The van der Waals surface area contributed by atoms with Gasteiger partial charge in [0.05, 0.1) is 12.0 Å². The van der Waals surface area contributed by atoms with Gasteiger partial charge in [-0.1, -0.05) is 11.6 Å². The molecular formula is C7H8ClNO2S. The number of rotatable bonds is 3. The highest BCUT2D eigenvalue weighted by atomic mass is 35.5. The molecule has 1 aromatic carbocycles. The molecule has 0 heterocycles. The lowest BCUT2D eigenvalue weighted by Gasteiger charge is -2.00. The predicted octanol–water partition coefficient (Wildman–Crippen LogP) is 1.51. The zero-order valence-corrected chi connectivity index (χ0v) is 7.98. The Kier molecular flexibility index (Phi) is 3.68. The second-order valence-electron chi connectivity index (χ2n) is 2.01. The Labute approximate surface area is 78.2 Å². The van der Waals surface area contributed by atoms with Crippen molar-refractivity contribution in [2.75, 3.05) is 7.11 Å². The summed E-state index contributed by atoms with van der Waals surface area (Å²) >= 11 is 5.64. The van der Waals surface area contributed by atoms with Gasteiger partial charge in [-0.25, -0.2) is 4.21 Å². The molecule has 0 bridgehead atoms. The fourth-order valence-electron chi connectivity index (χ4n) is 0.682. The van der Waals surface area contributed by atoms with E-state index in [-0.39, 0.29) is 0 Å². The monoisotopic (exact) mass is 205 g/mol. The standard InChI is InChI=1S/C7H8ClNO2S/c1-11-9-12(10)7-4-2-6(8)3-5-7/h2-5,9H,1H3/t12-/m1/s1. The molecule has 1 N–H and O–H groups in total. The van der Waals surface area contributed by atoms with Gasteiger partial charge < -0.3 is 0 Å². The lowest BCUT2D eigenvalue weighted by atomic mass is 10.4. The van der Waals surface area contributed by atoms with Crippen molar-refractivity contribution in [2.24, 2.45) is 0 Å². The molecule has 0 unspecified atom stereocenters. The van der Waals surface area contributed by atoms with E-state index >= 15 is 0 Å². The number of hydrogen-bond acceptors (Lipinski definition) is 2. The van der Waals surface area contributed by atoms with E-state index in [1.807, 2.05) is 0 Å². The lowest BCUT2D eigenvalue weighted by molar-refractivity contribution is 0.158. The van der Waals surface area contributed by atoms with Gasteiger partial charge in [-0.15, -0.1) is 4.89 Å². The number of benzene rings is 1. The highest BCUT2D eigenvalue weighted by Crippen LogP contribution is 2.11. The van der Waals surface area contributed by atoms with Crippen LogP contribution in [0.25, 0.3) is 0 Å². The first-order valence-electron chi connectivity index (χ1n) is 3.20. The van der Waals surface area contributed by atoms with Gasteiger partial charge in [0, 0.05) is 5.02 Å². The van der Waals surface area contributed by atoms with E-state index in [0.29, 0.717) is 9.92 Å². The van der Waals surface area contributed by atoms with E-state index in [1.165, 1.54) is 7.11 Å². The molecule has 66 valence electrons. The van der Waals surface area contributed by atoms with Crippen LogP contribution in [0.2, 0.25) is 5.02 Å². The molecule has 0 amide bonds. The predicted molar refractivity (Wildman–Crippen MR) is 48.0 cm³/mol. The van der Waals surface area contributed by atoms with E-state index in [0.717, 1.165) is 0 Å². The van der Waals surface area contributed by atoms with Gasteiger partial charge in [0.25, 0.3) is 0 Å². The molecule has 1 aromatic rings. The summed E-state index contributed by atoms with van der Waals surface area (Å²) < 4.78 is 11.2. The van der Waals surface area contributed by atoms with Gasteiger partial charge in [-0.2, -0.15) is 0 Å². The molecule has 0 spiro atoms. The third kappa shape index (κ3) is 2.57. The Balaban J connectivity index is 2.75. The molecule has 0 fully saturated rings. The minimum absolute atomic E-state index is 0.619. The van der Waals surface area contributed by atoms with Crippen molar-refractivity contribution in [2.45, 2.75) is 4.90 Å². The second kappa shape index (κ2) is 4.57. The van der Waals surface area contributed by atoms with Crippen LogP contribution in [0.1, 0.15) is 0 Å². The average molecular weight is 206 g/mol. The van der Waals surface area contributed by atoms with Crippen LogP contribution < -0.4 is 4.89 Å². The largest absolute Gasteiger partial charge is 0.292 e. The van der Waals surface area contributed by atoms with E-state index in [4.69, 9.17) is 11.6 Å². The Hall–Kier alpha value is -0.420. The van der Waals surface area contributed by atoms with Crippen LogP contribution in [-0.2, 0) is 15.8 Å². The third-order valence-electron chi connectivity index (χ3n) is 1.19. The third-order valence-corrected chi connectivity index (χ3v) is 2.46. The zero-order valence-electron chi connectivity index (χ0n) is 6.41. The Morgan fingerprint density at radius 1 is 1.42 bits per heavy atom. The first kappa shape index (κ1) is 9.67. The van der Waals surface area contributed by atoms with Crippen LogP contribution in [-0.4, -0.2) is 11.3 Å². The lowest BCUT2D eigenvalue weighted by Crippen LogP contribution is -2.14. The molecule has 1 rings (SSSR count). The van der Waals surface area contributed by atoms with Crippen LogP contribution in [0.4, 0.5) is 0 Å². The van der Waals surface area contributed by atoms with E-state index in [1.54, 1.807) is 24.3 Å². The highest BCUT2D eigenvalue weighted by molar-refractivity contribution is 7.82. The fraction of sp³-hybridized carbons (Fsp3) is 0.143. The summed E-state index contributed by atoms with van der Waals surface area (Å²) in [5.41, 5.74) is 0. The first-order valence-corrected chi connectivity index (χ1v) is 4.73. The first-order chi connectivity index (χ1) is 5.74. The Morgan fingerprint density at radius 2 is 2.00 bits per heavy atom. The summed E-state index contributed by atoms with van der Waals surface area (Å²) in [7, 11) is 0.0880. The molecular weight excluding hydrogens is 198 g/mol. The van der Waals surface area contributed by atoms with Crippen molar-refractivity contribution in [1.82, 2.24) is 4.89 Å². The molecule has 0 radical (unpaired) electrons. The molecule has 5 heteroatoms. The Morgan fingerprint density at radius 3 is 2.50 bits per heavy atom. The number of halogens is 1. The summed E-state index contributed by atoms with van der Waals surface area (Å²) in [5, 5.41) is 0.619. The molecule has 0 saturated carbocycles. The molecule has 0 aliphatic carbocycles. The van der Waals surface area contributed by atoms with Gasteiger partial charge in [0.2, 0.25) is 0 Å². The quantitative estimate of drug-likeness (QED) is 0.760. The van der Waals surface area contributed by atoms with Crippen LogP contribution >= 0.6 is 11.6 Å². The van der Waals surface area contributed by atoms with Crippen molar-refractivity contribution in [3.8, 4) is 0 Å². The second-order valence-corrected chi connectivity index (χ2v) is 3.62. The summed E-state index contributed by atoms with van der Waals surface area (Å²) in [6, 6.07) is 6.69. The molecule has 0 saturated heterocycles. The molecule has 12 heavy (non-hydrogen) atoms. The minimum Gasteiger partial charge on any atom is -0.292 e.